The van der Waals surface area contributed by atoms with Crippen molar-refractivity contribution in [3.63, 3.8) is 0 Å². The molecule has 12 amide bonds. The summed E-state index contributed by atoms with van der Waals surface area (Å²) >= 11 is 0. The Bertz CT molecular complexity index is 3440. The molecule has 0 saturated carbocycles. The van der Waals surface area contributed by atoms with Gasteiger partial charge in [-0.3, -0.25) is 62.5 Å². The van der Waals surface area contributed by atoms with Crippen LogP contribution in [0.3, 0.4) is 0 Å². The van der Waals surface area contributed by atoms with Gasteiger partial charge in [0, 0.05) is 84.2 Å². The Kier molecular flexibility index (Phi) is 34.3. The summed E-state index contributed by atoms with van der Waals surface area (Å²) in [7, 11) is 2.68. The van der Waals surface area contributed by atoms with Gasteiger partial charge in [-0.15, -0.1) is 0 Å². The zero-order valence-corrected chi connectivity index (χ0v) is 59.5. The van der Waals surface area contributed by atoms with Gasteiger partial charge in [0.2, 0.25) is 70.9 Å². The van der Waals surface area contributed by atoms with Gasteiger partial charge in [-0.1, -0.05) is 53.6 Å². The Morgan fingerprint density at radius 1 is 0.539 bits per heavy atom. The lowest BCUT2D eigenvalue weighted by Gasteiger charge is -2.28. The van der Waals surface area contributed by atoms with E-state index in [1.165, 1.54) is 58.5 Å². The zero-order chi connectivity index (χ0) is 74.1. The fourth-order valence-corrected chi connectivity index (χ4v) is 13.6. The number of hydrogen-bond acceptors (Lipinski definition) is 20. The molecule has 560 valence electrons. The first-order chi connectivity index (χ1) is 49.0. The number of nitrogens with two attached hydrogens (primary N) is 5. The number of H-pyrrole nitrogens is 3. The van der Waals surface area contributed by atoms with Crippen molar-refractivity contribution in [3.8, 4) is 0 Å². The highest BCUT2D eigenvalue weighted by atomic mass is 33.1. The molecule has 0 radical (unpaired) electrons. The van der Waals surface area contributed by atoms with Crippen LogP contribution in [0.25, 0.3) is 10.9 Å². The van der Waals surface area contributed by atoms with Crippen LogP contribution in [-0.2, 0) is 76.8 Å². The number of aliphatic imine (C=N–C) groups is 1. The Labute approximate surface area is 599 Å². The third-order valence-electron chi connectivity index (χ3n) is 16.9. The first-order valence-corrected chi connectivity index (χ1v) is 36.9. The van der Waals surface area contributed by atoms with Crippen molar-refractivity contribution in [1.29, 1.82) is 0 Å². The number of nitrogens with zero attached hydrogens (tertiary/aromatic N) is 4. The summed E-state index contributed by atoms with van der Waals surface area (Å²) in [6, 6.07) is -6.13. The second kappa shape index (κ2) is 42.8. The largest absolute Gasteiger partial charge is 0.370 e. The van der Waals surface area contributed by atoms with Crippen molar-refractivity contribution in [3.05, 3.63) is 72.5 Å². The molecule has 102 heavy (non-hydrogen) atoms. The normalized spacial score (nSPS) is 23.5. The predicted octanol–water partition coefficient (Wildman–Crippen LogP) is -3.51. The molecule has 2 saturated heterocycles. The van der Waals surface area contributed by atoms with Gasteiger partial charge in [-0.2, -0.15) is 0 Å². The highest BCUT2D eigenvalue weighted by Crippen LogP contribution is 2.27. The van der Waals surface area contributed by atoms with E-state index in [9.17, 15) is 57.5 Å². The second-order valence-electron chi connectivity index (χ2n) is 25.3. The summed E-state index contributed by atoms with van der Waals surface area (Å²) in [5, 5.41) is 30.5. The molecule has 6 rings (SSSR count). The highest BCUT2D eigenvalue weighted by molar-refractivity contribution is 8.76. The molecule has 2 fully saturated rings. The molecule has 10 atom stereocenters. The molecule has 4 aromatic rings. The number of aromatic nitrogens is 5. The first-order valence-electron chi connectivity index (χ1n) is 34.5. The van der Waals surface area contributed by atoms with Gasteiger partial charge < -0.3 is 107 Å². The van der Waals surface area contributed by atoms with Crippen LogP contribution in [0.2, 0.25) is 0 Å². The lowest BCUT2D eigenvalue weighted by molar-refractivity contribution is -0.140. The molecule has 2 aliphatic heterocycles. The summed E-state index contributed by atoms with van der Waals surface area (Å²) in [5.74, 6) is -9.88. The lowest BCUT2D eigenvalue weighted by atomic mass is 10.0. The minimum atomic E-state index is -1.44. The maximum absolute atomic E-state index is 15.0. The van der Waals surface area contributed by atoms with Gasteiger partial charge in [0.25, 0.3) is 0 Å². The molecule has 24 N–H and O–H groups in total. The maximum Gasteiger partial charge on any atom is 0.244 e. The van der Waals surface area contributed by atoms with E-state index in [4.69, 9.17) is 28.7 Å². The molecule has 3 aromatic heterocycles. The van der Waals surface area contributed by atoms with E-state index >= 15 is 0 Å². The number of carbonyl (C=O) groups is 12. The van der Waals surface area contributed by atoms with Crippen molar-refractivity contribution in [2.45, 2.75) is 189 Å². The van der Waals surface area contributed by atoms with Gasteiger partial charge in [0.1, 0.15) is 60.4 Å². The number of aromatic amines is 3. The molecule has 35 nitrogen and oxygen atoms in total. The number of benzene rings is 1. The number of nitrogens with one attached hydrogen (secondary N) is 14. The van der Waals surface area contributed by atoms with E-state index in [0.29, 0.717) is 61.9 Å². The molecule has 0 bridgehead atoms. The number of para-hydroxylation sites is 1. The SMILES string of the molecule is CC(C)SSC[C@@H]1NC(=O)[C@H](Cc2c[nH]c3ccccc23)NC(=O)[C@H](Cc2cnc[nH]2)NC(=O)CNC(=O)[C@H](Cc2cnc[nH]2)NC(=O)[C@@H]2CCCN2C(=O)CNC(=O)[C@H](CCCN=C(N)N)NC(=O)[C@H](CCCCN)NC(=O)[C@H](CCCCN)NC(=O)[C@H](CCCCN)NC(=O)[C@H](C)NC1=O. The zero-order valence-electron chi connectivity index (χ0n) is 57.9. The Balaban J connectivity index is 1.38. The fourth-order valence-electron chi connectivity index (χ4n) is 11.4. The third-order valence-corrected chi connectivity index (χ3v) is 19.8. The van der Waals surface area contributed by atoms with E-state index in [2.05, 4.69) is 88.4 Å². The summed E-state index contributed by atoms with van der Waals surface area (Å²) in [6.45, 7) is 4.71. The molecule has 0 aliphatic carbocycles. The third kappa shape index (κ3) is 26.9. The molecule has 37 heteroatoms. The molecule has 0 spiro atoms. The van der Waals surface area contributed by atoms with Gasteiger partial charge in [-0.25, -0.2) is 9.97 Å². The quantitative estimate of drug-likeness (QED) is 0.0125. The first kappa shape index (κ1) is 81.6. The number of rotatable bonds is 26. The number of guanidine groups is 1. The average Bonchev–Trinajstić information content (AvgIpc) is 1.65. The predicted molar refractivity (Wildman–Crippen MR) is 384 cm³/mol. The minimum absolute atomic E-state index is 0.0221. The molecule has 1 aromatic carbocycles. The van der Waals surface area contributed by atoms with Crippen LogP contribution in [0, 0.1) is 0 Å². The summed E-state index contributed by atoms with van der Waals surface area (Å²) in [5.41, 5.74) is 30.9. The van der Waals surface area contributed by atoms with E-state index in [-0.39, 0.29) is 107 Å². The van der Waals surface area contributed by atoms with Crippen LogP contribution >= 0.6 is 21.6 Å². The number of amides is 12. The number of fused-ring (bicyclic) bond motifs is 2. The Hall–Kier alpha value is -9.33. The van der Waals surface area contributed by atoms with E-state index < -0.39 is 144 Å². The lowest BCUT2D eigenvalue weighted by Crippen LogP contribution is -2.60. The molecule has 0 unspecified atom stereocenters. The maximum atomic E-state index is 15.0. The van der Waals surface area contributed by atoms with Crippen LogP contribution in [0.1, 0.15) is 121 Å². The molecular weight excluding hydrogens is 1360 g/mol. The topological polar surface area (TPSA) is 556 Å². The van der Waals surface area contributed by atoms with E-state index in [0.717, 1.165) is 10.9 Å². The van der Waals surface area contributed by atoms with Crippen LogP contribution in [0.15, 0.2) is 60.5 Å². The Morgan fingerprint density at radius 2 is 1.01 bits per heavy atom. The van der Waals surface area contributed by atoms with Crippen molar-refractivity contribution in [1.82, 2.24) is 88.3 Å². The minimum Gasteiger partial charge on any atom is -0.370 e. The van der Waals surface area contributed by atoms with Gasteiger partial charge >= 0.3 is 0 Å². The smallest absolute Gasteiger partial charge is 0.244 e. The van der Waals surface area contributed by atoms with Crippen LogP contribution in [0.4, 0.5) is 0 Å². The number of carbonyl (C=O) groups excluding carboxylic acids is 12. The van der Waals surface area contributed by atoms with E-state index in [1.807, 2.05) is 32.0 Å². The number of imidazole rings is 2. The standard InChI is InChI=1S/C65H101N23O12S2/c1-37(2)102-101-34-51-63(99)79-38(3)55(91)81-45(16-6-9-21-66)58(94)83-47(18-8-11-23-68)60(96)84-46(17-7-10-22-67)59(95)82-44(19-12-24-73-65(69)70)56(92)76-33-54(90)88-25-13-20-52(88)64(100)86-49(27-40-30-71-35-77-40)57(93)75-32-53(89)80-50(28-41-31-72-36-78-41)62(98)85-48(61(97)87-51)26-39-29-74-43-15-5-4-14-42(39)43/h4-5,14-15,29-31,35-38,44-52,74H,6-13,16-28,32-34,66-68H2,1-3H3,(H,71,77)(H,72,78)(H,75,93)(H,76,92)(H,79,99)(H,80,89)(H,81,91)(H,82,95)(H,83,94)(H,84,96)(H,85,98)(H,86,100)(H,87,97)(H4,69,70,73)/t38-,44-,45-,46-,47-,48-,49-,50-,51-,52-/m0/s1. The fraction of sp³-hybridized carbons (Fsp3) is 0.585. The molecular formula is C65H101N23O12S2. The monoisotopic (exact) mass is 1460 g/mol. The summed E-state index contributed by atoms with van der Waals surface area (Å²) in [4.78, 5) is 196. The Morgan fingerprint density at radius 3 is 1.56 bits per heavy atom. The average molecular weight is 1460 g/mol. The van der Waals surface area contributed by atoms with Crippen molar-refractivity contribution in [2.24, 2.45) is 33.7 Å². The molecule has 5 heterocycles. The summed E-state index contributed by atoms with van der Waals surface area (Å²) in [6.07, 6.45) is 9.75. The van der Waals surface area contributed by atoms with Crippen molar-refractivity contribution < 1.29 is 57.5 Å². The van der Waals surface area contributed by atoms with Crippen LogP contribution in [0.5, 0.6) is 0 Å². The highest BCUT2D eigenvalue weighted by Gasteiger charge is 2.39. The van der Waals surface area contributed by atoms with Crippen molar-refractivity contribution >= 4 is 109 Å². The second-order valence-corrected chi connectivity index (χ2v) is 28.3. The van der Waals surface area contributed by atoms with Crippen LogP contribution in [-0.4, -0.2) is 224 Å². The van der Waals surface area contributed by atoms with Crippen LogP contribution < -0.4 is 87.2 Å². The van der Waals surface area contributed by atoms with E-state index in [1.54, 1.807) is 12.3 Å². The summed E-state index contributed by atoms with van der Waals surface area (Å²) < 4.78 is 0. The van der Waals surface area contributed by atoms with Gasteiger partial charge in [0.05, 0.1) is 25.7 Å². The van der Waals surface area contributed by atoms with Gasteiger partial charge in [-0.05, 0) is 122 Å². The van der Waals surface area contributed by atoms with Gasteiger partial charge in [0.15, 0.2) is 5.96 Å². The van der Waals surface area contributed by atoms with Crippen molar-refractivity contribution in [2.75, 3.05) is 51.6 Å². The number of unbranched alkanes of at least 4 members (excludes halogenated alkanes) is 3. The molecule has 2 aliphatic rings. The number of hydrogen-bond donors (Lipinski definition) is 19.